The Morgan fingerprint density at radius 2 is 1.65 bits per heavy atom. The average Bonchev–Trinajstić information content (AvgIpc) is 2.77. The van der Waals surface area contributed by atoms with Gasteiger partial charge >= 0.3 is 120 Å². The van der Waals surface area contributed by atoms with Gasteiger partial charge in [-0.2, -0.15) is 0 Å². The number of hydrogen-bond acceptors (Lipinski definition) is 1. The van der Waals surface area contributed by atoms with Gasteiger partial charge in [-0.1, -0.05) is 0 Å². The summed E-state index contributed by atoms with van der Waals surface area (Å²) in [7, 11) is 0. The average molecular weight is 494 g/mol. The summed E-state index contributed by atoms with van der Waals surface area (Å²) in [5.74, 6) is -0.546. The van der Waals surface area contributed by atoms with Crippen LogP contribution < -0.4 is 28.1 Å². The number of benzene rings is 1. The van der Waals surface area contributed by atoms with Gasteiger partial charge in [0.1, 0.15) is 0 Å². The molecular weight excluding hydrogens is 472 g/mol. The molecule has 0 unspecified atom stereocenters. The minimum absolute atomic E-state index is 0. The Balaban J connectivity index is 0.00000180. The molecule has 0 bridgehead atoms. The molecule has 0 heterocycles. The Bertz CT molecular complexity index is 480. The summed E-state index contributed by atoms with van der Waals surface area (Å²) in [6.45, 7) is 9.40. The molecule has 0 spiro atoms. The third kappa shape index (κ3) is 5.51. The molecule has 5 heteroatoms. The van der Waals surface area contributed by atoms with Gasteiger partial charge in [-0.15, -0.1) is 0 Å². The zero-order valence-corrected chi connectivity index (χ0v) is 18.8. The Kier molecular flexibility index (Phi) is 9.32. The van der Waals surface area contributed by atoms with Crippen LogP contribution in [0.5, 0.6) is 0 Å². The first kappa shape index (κ1) is 20.2. The van der Waals surface area contributed by atoms with Crippen molar-refractivity contribution in [3.05, 3.63) is 50.9 Å². The van der Waals surface area contributed by atoms with Gasteiger partial charge in [0.05, 0.1) is 0 Å². The summed E-state index contributed by atoms with van der Waals surface area (Å²) >= 11 is -1.75. The van der Waals surface area contributed by atoms with Gasteiger partial charge in [0, 0.05) is 0 Å². The minimum Gasteiger partial charge on any atom is -1.00 e. The number of aryl methyl sites for hydroxylation is 2. The van der Waals surface area contributed by atoms with Gasteiger partial charge in [0.25, 0.3) is 0 Å². The molecule has 0 saturated heterocycles. The largest absolute Gasteiger partial charge is 1.00 e. The first-order valence-corrected chi connectivity index (χ1v) is 19.3. The predicted molar refractivity (Wildman–Crippen MR) is 80.3 cm³/mol. The molecule has 1 aromatic rings. The molecule has 0 aliphatic heterocycles. The number of halogens is 2. The molecule has 1 N–H and O–H groups in total. The Morgan fingerprint density at radius 1 is 1.05 bits per heavy atom. The van der Waals surface area contributed by atoms with E-state index in [1.165, 1.54) is 23.2 Å². The molecule has 0 fully saturated rings. The number of rotatable bonds is 4. The quantitative estimate of drug-likeness (QED) is 0.483. The second-order valence-electron chi connectivity index (χ2n) is 5.39. The van der Waals surface area contributed by atoms with E-state index in [-0.39, 0.29) is 24.8 Å². The van der Waals surface area contributed by atoms with Crippen LogP contribution in [-0.2, 0) is 20.9 Å². The predicted octanol–water partition coefficient (Wildman–Crippen LogP) is -1.92. The van der Waals surface area contributed by atoms with Crippen LogP contribution >= 0.6 is 0 Å². The number of anilines is 1. The molecule has 1 aliphatic carbocycles. The second-order valence-corrected chi connectivity index (χ2v) is 31.1. The third-order valence-corrected chi connectivity index (χ3v) is 26.8. The van der Waals surface area contributed by atoms with E-state index in [0.29, 0.717) is 0 Å². The maximum absolute atomic E-state index is 3.97. The first-order chi connectivity index (χ1) is 8.56. The van der Waals surface area contributed by atoms with E-state index in [4.69, 9.17) is 0 Å². The second kappa shape index (κ2) is 9.24. The van der Waals surface area contributed by atoms with Crippen LogP contribution in [0, 0.1) is 13.8 Å². The smallest absolute Gasteiger partial charge is 1.00 e. The van der Waals surface area contributed by atoms with Crippen molar-refractivity contribution in [3.8, 4) is 0 Å². The third-order valence-electron chi connectivity index (χ3n) is 3.20. The van der Waals surface area contributed by atoms with E-state index in [2.05, 4.69) is 66.7 Å². The summed E-state index contributed by atoms with van der Waals surface area (Å²) in [6.07, 6.45) is 8.13. The Hall–Kier alpha value is 0.167. The normalized spacial score (nSPS) is 12.6. The fraction of sp³-hybridized carbons (Fsp3) is 0.333. The SMILES string of the molecule is Cc1cc(C)cc([NH][Hf+2]([C]2=CC=CC2)[SiH](C)C)c1.[Cl-].[Cl-]. The Labute approximate surface area is 144 Å². The zero-order valence-electron chi connectivity index (χ0n) is 12.5. The molecule has 0 amide bonds. The van der Waals surface area contributed by atoms with Crippen molar-refractivity contribution in [3.63, 3.8) is 0 Å². The van der Waals surface area contributed by atoms with Crippen molar-refractivity contribution >= 4 is 11.7 Å². The molecule has 1 aliphatic rings. The summed E-state index contributed by atoms with van der Waals surface area (Å²) in [6, 6.07) is 6.86. The topological polar surface area (TPSA) is 12.0 Å². The van der Waals surface area contributed by atoms with Crippen molar-refractivity contribution in [1.29, 1.82) is 0 Å². The molecule has 20 heavy (non-hydrogen) atoms. The summed E-state index contributed by atoms with van der Waals surface area (Å²) in [5.41, 5.74) is 4.10. The van der Waals surface area contributed by atoms with E-state index < -0.39 is 26.9 Å². The van der Waals surface area contributed by atoms with Gasteiger partial charge in [-0.3, -0.25) is 0 Å². The maximum Gasteiger partial charge on any atom is -1.00 e. The number of allylic oxidation sites excluding steroid dienone is 4. The number of nitrogens with one attached hydrogen (secondary N) is 1. The van der Waals surface area contributed by atoms with Crippen LogP contribution in [0.25, 0.3) is 0 Å². The Morgan fingerprint density at radius 3 is 2.10 bits per heavy atom. The van der Waals surface area contributed by atoms with Crippen molar-refractivity contribution in [2.75, 3.05) is 3.30 Å². The van der Waals surface area contributed by atoms with Crippen LogP contribution in [0.2, 0.25) is 13.1 Å². The zero-order chi connectivity index (χ0) is 13.1. The molecular formula is C15H22Cl2HfNSi. The van der Waals surface area contributed by atoms with Gasteiger partial charge in [0.15, 0.2) is 0 Å². The molecule has 2 rings (SSSR count). The number of hydrogen-bond donors (Lipinski definition) is 1. The summed E-state index contributed by atoms with van der Waals surface area (Å²) in [5, 5.41) is 0. The van der Waals surface area contributed by atoms with Gasteiger partial charge < -0.3 is 24.8 Å². The van der Waals surface area contributed by atoms with Gasteiger partial charge in [0.2, 0.25) is 0 Å². The van der Waals surface area contributed by atoms with Crippen LogP contribution in [-0.4, -0.2) is 5.98 Å². The van der Waals surface area contributed by atoms with Gasteiger partial charge in [-0.05, 0) is 0 Å². The van der Waals surface area contributed by atoms with E-state index in [9.17, 15) is 0 Å². The van der Waals surface area contributed by atoms with Crippen molar-refractivity contribution < 1.29 is 45.7 Å². The van der Waals surface area contributed by atoms with E-state index in [1.807, 2.05) is 0 Å². The molecule has 109 valence electrons. The standard InChI is InChI=1S/C8H10N.C5H5.C2H7Si.2ClH.Hf/c1-6-3-7(2)5-8(9)4-6;1-2-4-5-3-1;1-3-2;;;/h3-5,9H,1-2H3;1-3H,4H2;3H,1-2H3;2*1H;/q-1;;;;;+3/p-2. The van der Waals surface area contributed by atoms with Gasteiger partial charge in [-0.25, -0.2) is 0 Å². The summed E-state index contributed by atoms with van der Waals surface area (Å²) in [4.78, 5) is 0. The van der Waals surface area contributed by atoms with E-state index in [1.54, 1.807) is 3.33 Å². The minimum atomic E-state index is -1.75. The van der Waals surface area contributed by atoms with Crippen LogP contribution in [0.15, 0.2) is 39.8 Å². The molecule has 0 aromatic heterocycles. The van der Waals surface area contributed by atoms with Crippen LogP contribution in [0.4, 0.5) is 5.69 Å². The molecule has 1 nitrogen and oxygen atoms in total. The molecule has 0 radical (unpaired) electrons. The monoisotopic (exact) mass is 494 g/mol. The van der Waals surface area contributed by atoms with E-state index >= 15 is 0 Å². The molecule has 1 aromatic carbocycles. The fourth-order valence-corrected chi connectivity index (χ4v) is 22.1. The van der Waals surface area contributed by atoms with Crippen molar-refractivity contribution in [2.45, 2.75) is 33.4 Å². The fourth-order valence-electron chi connectivity index (χ4n) is 2.44. The maximum atomic E-state index is 3.97. The summed E-state index contributed by atoms with van der Waals surface area (Å²) < 4.78 is 5.73. The molecule has 0 atom stereocenters. The van der Waals surface area contributed by atoms with E-state index in [0.717, 1.165) is 0 Å². The molecule has 0 saturated carbocycles. The van der Waals surface area contributed by atoms with Crippen molar-refractivity contribution in [2.24, 2.45) is 0 Å². The van der Waals surface area contributed by atoms with Crippen LogP contribution in [0.3, 0.4) is 0 Å². The first-order valence-electron chi connectivity index (χ1n) is 6.64. The van der Waals surface area contributed by atoms with Crippen molar-refractivity contribution in [1.82, 2.24) is 0 Å². The van der Waals surface area contributed by atoms with Crippen LogP contribution in [0.1, 0.15) is 17.5 Å².